The highest BCUT2D eigenvalue weighted by Crippen LogP contribution is 2.30. The van der Waals surface area contributed by atoms with Crippen molar-refractivity contribution in [1.82, 2.24) is 4.90 Å². The lowest BCUT2D eigenvalue weighted by molar-refractivity contribution is -0.133. The second-order valence-electron chi connectivity index (χ2n) is 5.68. The number of hydrogen-bond donors (Lipinski definition) is 1. The maximum absolute atomic E-state index is 12.9. The van der Waals surface area contributed by atoms with Crippen LogP contribution in [0.4, 0.5) is 4.39 Å². The van der Waals surface area contributed by atoms with Gasteiger partial charge >= 0.3 is 0 Å². The average molecular weight is 278 g/mol. The molecule has 1 unspecified atom stereocenters. The molecule has 1 aromatic carbocycles. The van der Waals surface area contributed by atoms with Crippen molar-refractivity contribution < 1.29 is 9.18 Å². The van der Waals surface area contributed by atoms with Gasteiger partial charge in [0.15, 0.2) is 0 Å². The number of amides is 1. The molecule has 110 valence electrons. The molecule has 1 fully saturated rings. The fourth-order valence-corrected chi connectivity index (χ4v) is 2.32. The van der Waals surface area contributed by atoms with Crippen LogP contribution >= 0.6 is 0 Å². The Labute approximate surface area is 120 Å². The molecule has 0 aromatic heterocycles. The molecule has 0 spiro atoms. The highest BCUT2D eigenvalue weighted by atomic mass is 19.1. The summed E-state index contributed by atoms with van der Waals surface area (Å²) in [6.45, 7) is 3.32. The van der Waals surface area contributed by atoms with Crippen LogP contribution in [-0.2, 0) is 11.3 Å². The van der Waals surface area contributed by atoms with E-state index in [9.17, 15) is 9.18 Å². The molecule has 4 heteroatoms. The third-order valence-corrected chi connectivity index (χ3v) is 3.69. The van der Waals surface area contributed by atoms with Gasteiger partial charge in [-0.1, -0.05) is 25.5 Å². The molecule has 2 N–H and O–H groups in total. The molecule has 1 aromatic rings. The van der Waals surface area contributed by atoms with Crippen LogP contribution in [0.3, 0.4) is 0 Å². The Morgan fingerprint density at radius 3 is 2.60 bits per heavy atom. The lowest BCUT2D eigenvalue weighted by atomic mass is 10.1. The minimum Gasteiger partial charge on any atom is -0.337 e. The van der Waals surface area contributed by atoms with Gasteiger partial charge in [-0.2, -0.15) is 0 Å². The van der Waals surface area contributed by atoms with Crippen molar-refractivity contribution in [3.63, 3.8) is 0 Å². The molecule has 0 aliphatic heterocycles. The Hall–Kier alpha value is -1.42. The first-order valence-electron chi connectivity index (χ1n) is 7.39. The number of carbonyl (C=O) groups is 1. The molecule has 3 nitrogen and oxygen atoms in total. The maximum Gasteiger partial charge on any atom is 0.239 e. The molecule has 1 atom stereocenters. The van der Waals surface area contributed by atoms with Crippen molar-refractivity contribution in [1.29, 1.82) is 0 Å². The quantitative estimate of drug-likeness (QED) is 0.833. The van der Waals surface area contributed by atoms with Gasteiger partial charge in [-0.25, -0.2) is 4.39 Å². The molecular formula is C16H23FN2O. The van der Waals surface area contributed by atoms with Gasteiger partial charge in [-0.05, 0) is 42.9 Å². The van der Waals surface area contributed by atoms with E-state index in [1.165, 1.54) is 25.0 Å². The van der Waals surface area contributed by atoms with Crippen LogP contribution < -0.4 is 5.73 Å². The van der Waals surface area contributed by atoms with E-state index in [4.69, 9.17) is 5.73 Å². The fraction of sp³-hybridized carbons (Fsp3) is 0.562. The summed E-state index contributed by atoms with van der Waals surface area (Å²) in [5.74, 6) is 0.382. The first-order valence-corrected chi connectivity index (χ1v) is 7.39. The van der Waals surface area contributed by atoms with Crippen molar-refractivity contribution in [2.45, 2.75) is 45.2 Å². The second kappa shape index (κ2) is 6.84. The Morgan fingerprint density at radius 1 is 1.40 bits per heavy atom. The lowest BCUT2D eigenvalue weighted by Crippen LogP contribution is -2.44. The summed E-state index contributed by atoms with van der Waals surface area (Å²) in [6.07, 6.45) is 4.00. The normalized spacial score (nSPS) is 15.9. The molecular weight excluding hydrogens is 255 g/mol. The summed E-state index contributed by atoms with van der Waals surface area (Å²) < 4.78 is 12.9. The van der Waals surface area contributed by atoms with E-state index in [1.807, 2.05) is 11.8 Å². The first kappa shape index (κ1) is 15.0. The SMILES string of the molecule is CCCC(N)C(=O)N(Cc1ccc(F)cc1)CC1CC1. The van der Waals surface area contributed by atoms with Crippen LogP contribution in [0.5, 0.6) is 0 Å². The van der Waals surface area contributed by atoms with Gasteiger partial charge in [0.1, 0.15) is 5.82 Å². The summed E-state index contributed by atoms with van der Waals surface area (Å²) in [5, 5.41) is 0. The number of carbonyl (C=O) groups excluding carboxylic acids is 1. The molecule has 0 saturated heterocycles. The van der Waals surface area contributed by atoms with E-state index < -0.39 is 6.04 Å². The molecule has 0 radical (unpaired) electrons. The Balaban J connectivity index is 2.02. The summed E-state index contributed by atoms with van der Waals surface area (Å²) >= 11 is 0. The summed E-state index contributed by atoms with van der Waals surface area (Å²) in [7, 11) is 0. The zero-order valence-corrected chi connectivity index (χ0v) is 12.0. The van der Waals surface area contributed by atoms with E-state index in [0.29, 0.717) is 18.9 Å². The predicted octanol–water partition coefficient (Wildman–Crippen LogP) is 2.69. The summed E-state index contributed by atoms with van der Waals surface area (Å²) in [6, 6.07) is 5.91. The zero-order chi connectivity index (χ0) is 14.5. The van der Waals surface area contributed by atoms with Gasteiger partial charge in [0.25, 0.3) is 0 Å². The number of rotatable bonds is 7. The highest BCUT2D eigenvalue weighted by Gasteiger charge is 2.28. The topological polar surface area (TPSA) is 46.3 Å². The van der Waals surface area contributed by atoms with E-state index >= 15 is 0 Å². The third-order valence-electron chi connectivity index (χ3n) is 3.69. The van der Waals surface area contributed by atoms with Crippen LogP contribution in [-0.4, -0.2) is 23.4 Å². The number of nitrogens with zero attached hydrogens (tertiary/aromatic N) is 1. The van der Waals surface area contributed by atoms with Gasteiger partial charge in [-0.15, -0.1) is 0 Å². The van der Waals surface area contributed by atoms with E-state index in [1.54, 1.807) is 12.1 Å². The molecule has 1 amide bonds. The van der Waals surface area contributed by atoms with E-state index in [2.05, 4.69) is 0 Å². The van der Waals surface area contributed by atoms with E-state index in [0.717, 1.165) is 18.5 Å². The lowest BCUT2D eigenvalue weighted by Gasteiger charge is -2.26. The number of benzene rings is 1. The monoisotopic (exact) mass is 278 g/mol. The number of halogens is 1. The van der Waals surface area contributed by atoms with Crippen molar-refractivity contribution in [3.8, 4) is 0 Å². The van der Waals surface area contributed by atoms with Crippen molar-refractivity contribution >= 4 is 5.91 Å². The molecule has 1 aliphatic carbocycles. The highest BCUT2D eigenvalue weighted by molar-refractivity contribution is 5.81. The van der Waals surface area contributed by atoms with Crippen LogP contribution in [0.25, 0.3) is 0 Å². The van der Waals surface area contributed by atoms with E-state index in [-0.39, 0.29) is 11.7 Å². The molecule has 0 heterocycles. The second-order valence-corrected chi connectivity index (χ2v) is 5.68. The summed E-state index contributed by atoms with van der Waals surface area (Å²) in [4.78, 5) is 14.2. The van der Waals surface area contributed by atoms with Crippen molar-refractivity contribution in [2.75, 3.05) is 6.54 Å². The molecule has 0 bridgehead atoms. The van der Waals surface area contributed by atoms with Gasteiger partial charge in [0.2, 0.25) is 5.91 Å². The maximum atomic E-state index is 12.9. The van der Waals surface area contributed by atoms with Gasteiger partial charge in [0, 0.05) is 13.1 Å². The minimum absolute atomic E-state index is 0.0167. The molecule has 1 saturated carbocycles. The van der Waals surface area contributed by atoms with Crippen LogP contribution in [0.1, 0.15) is 38.2 Å². The Bertz CT molecular complexity index is 442. The van der Waals surface area contributed by atoms with Crippen LogP contribution in [0.15, 0.2) is 24.3 Å². The first-order chi connectivity index (χ1) is 9.60. The standard InChI is InChI=1S/C16H23FN2O/c1-2-3-15(18)16(20)19(10-12-4-5-12)11-13-6-8-14(17)9-7-13/h6-9,12,15H,2-5,10-11,18H2,1H3. The van der Waals surface area contributed by atoms with Gasteiger partial charge in [-0.3, -0.25) is 4.79 Å². The smallest absolute Gasteiger partial charge is 0.239 e. The van der Waals surface area contributed by atoms with Crippen LogP contribution in [0, 0.1) is 11.7 Å². The number of hydrogen-bond acceptors (Lipinski definition) is 2. The summed E-state index contributed by atoms with van der Waals surface area (Å²) in [5.41, 5.74) is 6.90. The number of nitrogens with two attached hydrogens (primary N) is 1. The van der Waals surface area contributed by atoms with Gasteiger partial charge in [0.05, 0.1) is 6.04 Å². The Kier molecular flexibility index (Phi) is 5.12. The average Bonchev–Trinajstić information content (AvgIpc) is 3.24. The Morgan fingerprint density at radius 2 is 2.05 bits per heavy atom. The molecule has 20 heavy (non-hydrogen) atoms. The third kappa shape index (κ3) is 4.30. The van der Waals surface area contributed by atoms with Crippen molar-refractivity contribution in [3.05, 3.63) is 35.6 Å². The molecule has 1 aliphatic rings. The van der Waals surface area contributed by atoms with Crippen LogP contribution in [0.2, 0.25) is 0 Å². The fourth-order valence-electron chi connectivity index (χ4n) is 2.32. The van der Waals surface area contributed by atoms with Crippen molar-refractivity contribution in [2.24, 2.45) is 11.7 Å². The predicted molar refractivity (Wildman–Crippen MR) is 77.4 cm³/mol. The largest absolute Gasteiger partial charge is 0.337 e. The molecule has 2 rings (SSSR count). The van der Waals surface area contributed by atoms with Gasteiger partial charge < -0.3 is 10.6 Å². The zero-order valence-electron chi connectivity index (χ0n) is 12.0. The minimum atomic E-state index is -0.417.